The van der Waals surface area contributed by atoms with Crippen LogP contribution in [0.2, 0.25) is 0 Å². The predicted molar refractivity (Wildman–Crippen MR) is 66.4 cm³/mol. The summed E-state index contributed by atoms with van der Waals surface area (Å²) in [6.45, 7) is 1.57. The maximum absolute atomic E-state index is 13.1. The Balaban J connectivity index is 3.26. The number of hydrogen-bond donors (Lipinski definition) is 0. The van der Waals surface area contributed by atoms with E-state index in [1.807, 2.05) is 0 Å². The Kier molecular flexibility index (Phi) is 5.66. The Bertz CT molecular complexity index is 444. The number of esters is 1. The molecule has 0 aliphatic rings. The molecule has 0 saturated carbocycles. The van der Waals surface area contributed by atoms with Crippen LogP contribution in [0.1, 0.15) is 34.8 Å². The van der Waals surface area contributed by atoms with Crippen LogP contribution in [0.25, 0.3) is 0 Å². The van der Waals surface area contributed by atoms with Crippen LogP contribution in [0.15, 0.2) is 18.2 Å². The van der Waals surface area contributed by atoms with Gasteiger partial charge in [-0.25, -0.2) is 4.79 Å². The molecular formula is C13H14ClF3O2. The van der Waals surface area contributed by atoms with Gasteiger partial charge in [0, 0.05) is 5.88 Å². The van der Waals surface area contributed by atoms with Crippen LogP contribution in [0.3, 0.4) is 0 Å². The molecule has 0 heterocycles. The Morgan fingerprint density at radius 2 is 2.05 bits per heavy atom. The van der Waals surface area contributed by atoms with E-state index < -0.39 is 23.3 Å². The molecule has 0 atom stereocenters. The van der Waals surface area contributed by atoms with E-state index in [-0.39, 0.29) is 24.5 Å². The summed E-state index contributed by atoms with van der Waals surface area (Å²) >= 11 is 5.50. The standard InChI is InChI=1S/C13H14ClF3O2/c1-2-19-12(18)10-7-3-5-9(6-4-8-14)11(10)13(15,16)17/h3,5,7H,2,4,6,8H2,1H3. The zero-order valence-electron chi connectivity index (χ0n) is 10.4. The molecule has 6 heteroatoms. The first-order valence-corrected chi connectivity index (χ1v) is 6.37. The first-order valence-electron chi connectivity index (χ1n) is 5.84. The van der Waals surface area contributed by atoms with Gasteiger partial charge >= 0.3 is 12.1 Å². The van der Waals surface area contributed by atoms with Crippen molar-refractivity contribution in [3.05, 3.63) is 34.9 Å². The lowest BCUT2D eigenvalue weighted by atomic mass is 9.97. The smallest absolute Gasteiger partial charge is 0.417 e. The summed E-state index contributed by atoms with van der Waals surface area (Å²) in [5, 5.41) is 0. The van der Waals surface area contributed by atoms with E-state index in [0.29, 0.717) is 6.42 Å². The molecule has 0 fully saturated rings. The van der Waals surface area contributed by atoms with Crippen molar-refractivity contribution in [3.63, 3.8) is 0 Å². The molecule has 0 aliphatic carbocycles. The van der Waals surface area contributed by atoms with Crippen LogP contribution in [0, 0.1) is 0 Å². The van der Waals surface area contributed by atoms with Crippen LogP contribution in [-0.4, -0.2) is 18.5 Å². The molecule has 0 amide bonds. The molecule has 0 bridgehead atoms. The third-order valence-corrected chi connectivity index (χ3v) is 2.78. The molecule has 0 N–H and O–H groups in total. The topological polar surface area (TPSA) is 26.3 Å². The summed E-state index contributed by atoms with van der Waals surface area (Å²) in [6, 6.07) is 3.91. The van der Waals surface area contributed by atoms with Crippen molar-refractivity contribution in [2.24, 2.45) is 0 Å². The minimum Gasteiger partial charge on any atom is -0.462 e. The first kappa shape index (κ1) is 15.8. The van der Waals surface area contributed by atoms with Gasteiger partial charge in [0.2, 0.25) is 0 Å². The number of halogens is 4. The Morgan fingerprint density at radius 3 is 2.58 bits per heavy atom. The van der Waals surface area contributed by atoms with E-state index in [0.717, 1.165) is 6.07 Å². The summed E-state index contributed by atoms with van der Waals surface area (Å²) in [5.41, 5.74) is -1.29. The van der Waals surface area contributed by atoms with Gasteiger partial charge in [-0.3, -0.25) is 0 Å². The first-order chi connectivity index (χ1) is 8.91. The molecule has 0 unspecified atom stereocenters. The lowest BCUT2D eigenvalue weighted by Crippen LogP contribution is -2.18. The number of carbonyl (C=O) groups excluding carboxylic acids is 1. The summed E-state index contributed by atoms with van der Waals surface area (Å²) in [6.07, 6.45) is -4.01. The third kappa shape index (κ3) is 4.13. The molecule has 0 saturated heterocycles. The van der Waals surface area contributed by atoms with Gasteiger partial charge < -0.3 is 4.74 Å². The monoisotopic (exact) mass is 294 g/mol. The van der Waals surface area contributed by atoms with Crippen LogP contribution in [0.5, 0.6) is 0 Å². The van der Waals surface area contributed by atoms with Crippen molar-refractivity contribution >= 4 is 17.6 Å². The van der Waals surface area contributed by atoms with E-state index in [1.54, 1.807) is 6.92 Å². The minimum atomic E-state index is -4.59. The molecule has 1 rings (SSSR count). The fourth-order valence-corrected chi connectivity index (χ4v) is 1.91. The zero-order chi connectivity index (χ0) is 14.5. The fraction of sp³-hybridized carbons (Fsp3) is 0.462. The Labute approximate surface area is 114 Å². The Morgan fingerprint density at radius 1 is 1.37 bits per heavy atom. The molecule has 106 valence electrons. The molecule has 2 nitrogen and oxygen atoms in total. The second-order valence-electron chi connectivity index (χ2n) is 3.85. The summed E-state index contributed by atoms with van der Waals surface area (Å²) in [5.74, 6) is -0.691. The minimum absolute atomic E-state index is 0.0298. The van der Waals surface area contributed by atoms with Gasteiger partial charge in [0.1, 0.15) is 0 Å². The number of benzene rings is 1. The van der Waals surface area contributed by atoms with E-state index in [4.69, 9.17) is 11.6 Å². The van der Waals surface area contributed by atoms with Crippen LogP contribution in [0.4, 0.5) is 13.2 Å². The number of carbonyl (C=O) groups is 1. The average molecular weight is 295 g/mol. The quantitative estimate of drug-likeness (QED) is 0.605. The highest BCUT2D eigenvalue weighted by molar-refractivity contribution is 6.17. The summed E-state index contributed by atoms with van der Waals surface area (Å²) in [4.78, 5) is 11.6. The number of rotatable bonds is 5. The molecule has 0 radical (unpaired) electrons. The van der Waals surface area contributed by atoms with E-state index in [2.05, 4.69) is 4.74 Å². The van der Waals surface area contributed by atoms with Crippen LogP contribution in [-0.2, 0) is 17.3 Å². The van der Waals surface area contributed by atoms with Gasteiger partial charge in [0.15, 0.2) is 0 Å². The van der Waals surface area contributed by atoms with Crippen LogP contribution >= 0.6 is 11.6 Å². The molecular weight excluding hydrogens is 281 g/mol. The van der Waals surface area contributed by atoms with E-state index in [9.17, 15) is 18.0 Å². The summed E-state index contributed by atoms with van der Waals surface area (Å²) < 4.78 is 43.9. The lowest BCUT2D eigenvalue weighted by molar-refractivity contribution is -0.138. The van der Waals surface area contributed by atoms with Crippen molar-refractivity contribution in [2.45, 2.75) is 25.9 Å². The second kappa shape index (κ2) is 6.80. The van der Waals surface area contributed by atoms with Crippen molar-refractivity contribution in [1.29, 1.82) is 0 Å². The average Bonchev–Trinajstić information content (AvgIpc) is 2.35. The highest BCUT2D eigenvalue weighted by Gasteiger charge is 2.37. The largest absolute Gasteiger partial charge is 0.462 e. The van der Waals surface area contributed by atoms with Crippen molar-refractivity contribution in [2.75, 3.05) is 12.5 Å². The highest BCUT2D eigenvalue weighted by Crippen LogP contribution is 2.35. The SMILES string of the molecule is CCOC(=O)c1cccc(CCCCl)c1C(F)(F)F. The van der Waals surface area contributed by atoms with Crippen LogP contribution < -0.4 is 0 Å². The van der Waals surface area contributed by atoms with E-state index >= 15 is 0 Å². The van der Waals surface area contributed by atoms with Gasteiger partial charge in [-0.05, 0) is 31.4 Å². The molecule has 19 heavy (non-hydrogen) atoms. The van der Waals surface area contributed by atoms with E-state index in [1.165, 1.54) is 12.1 Å². The maximum Gasteiger partial charge on any atom is 0.417 e. The molecule has 1 aromatic carbocycles. The molecule has 0 aliphatic heterocycles. The molecule has 0 spiro atoms. The van der Waals surface area contributed by atoms with Gasteiger partial charge in [-0.1, -0.05) is 12.1 Å². The number of hydrogen-bond acceptors (Lipinski definition) is 2. The zero-order valence-corrected chi connectivity index (χ0v) is 11.1. The van der Waals surface area contributed by atoms with Gasteiger partial charge in [0.25, 0.3) is 0 Å². The van der Waals surface area contributed by atoms with Crippen molar-refractivity contribution < 1.29 is 22.7 Å². The normalized spacial score (nSPS) is 11.4. The maximum atomic E-state index is 13.1. The summed E-state index contributed by atoms with van der Waals surface area (Å²) in [7, 11) is 0. The van der Waals surface area contributed by atoms with Crippen molar-refractivity contribution in [1.82, 2.24) is 0 Å². The van der Waals surface area contributed by atoms with Gasteiger partial charge in [0.05, 0.1) is 17.7 Å². The second-order valence-corrected chi connectivity index (χ2v) is 4.23. The number of ether oxygens (including phenoxy) is 1. The highest BCUT2D eigenvalue weighted by atomic mass is 35.5. The molecule has 1 aromatic rings. The number of alkyl halides is 4. The van der Waals surface area contributed by atoms with Gasteiger partial charge in [-0.2, -0.15) is 13.2 Å². The third-order valence-electron chi connectivity index (χ3n) is 2.51. The molecule has 0 aromatic heterocycles. The van der Waals surface area contributed by atoms with Gasteiger partial charge in [-0.15, -0.1) is 11.6 Å². The van der Waals surface area contributed by atoms with Crippen molar-refractivity contribution in [3.8, 4) is 0 Å². The lowest BCUT2D eigenvalue weighted by Gasteiger charge is -2.16. The predicted octanol–water partition coefficient (Wildman–Crippen LogP) is 4.05. The Hall–Kier alpha value is -1.23. The fourth-order valence-electron chi connectivity index (χ4n) is 1.78. The number of aryl methyl sites for hydroxylation is 1.